The number of ether oxygens (including phenoxy) is 1. The van der Waals surface area contributed by atoms with Gasteiger partial charge in [0.05, 0.1) is 18.0 Å². The molecule has 11 heteroatoms. The molecule has 5 rings (SSSR count). The molecule has 0 spiro atoms. The fraction of sp³-hybridized carbons (Fsp3) is 0.233. The first-order chi connectivity index (χ1) is 19.7. The highest BCUT2D eigenvalue weighted by Gasteiger charge is 2.44. The molecule has 3 aromatic carbocycles. The maximum Gasteiger partial charge on any atom is 0.325 e. The molecule has 2 unspecified atom stereocenters. The predicted molar refractivity (Wildman–Crippen MR) is 157 cm³/mol. The lowest BCUT2D eigenvalue weighted by molar-refractivity contribution is -0.129. The number of aliphatic hydroxyl groups is 2. The number of nitrogens with one attached hydrogen (secondary N) is 2. The van der Waals surface area contributed by atoms with E-state index in [0.29, 0.717) is 40.5 Å². The van der Waals surface area contributed by atoms with Gasteiger partial charge in [-0.25, -0.2) is 14.2 Å². The number of aromatic nitrogens is 2. The number of H-pyrrole nitrogens is 1. The third-order valence-electron chi connectivity index (χ3n) is 6.84. The van der Waals surface area contributed by atoms with Crippen LogP contribution in [0.25, 0.3) is 11.3 Å². The minimum absolute atomic E-state index is 0.0828. The molecule has 1 aromatic heterocycles. The topological polar surface area (TPSA) is 128 Å². The van der Waals surface area contributed by atoms with Gasteiger partial charge in [-0.05, 0) is 71.0 Å². The van der Waals surface area contributed by atoms with E-state index in [9.17, 15) is 19.1 Å². The van der Waals surface area contributed by atoms with E-state index in [1.807, 2.05) is 52.9 Å². The summed E-state index contributed by atoms with van der Waals surface area (Å²) in [6.07, 6.45) is -0.706. The second kappa shape index (κ2) is 12.4. The summed E-state index contributed by atoms with van der Waals surface area (Å²) in [5.74, 6) is -0.0348. The Balaban J connectivity index is 1.45. The van der Waals surface area contributed by atoms with Gasteiger partial charge in [0.2, 0.25) is 0 Å². The number of benzene rings is 3. The maximum atomic E-state index is 14.9. The number of hydrogen-bond acceptors (Lipinski definition) is 6. The number of carbonyl (C=O) groups excluding carboxylic acids is 2. The molecule has 4 aromatic rings. The van der Waals surface area contributed by atoms with Crippen molar-refractivity contribution in [1.82, 2.24) is 20.2 Å². The lowest BCUT2D eigenvalue weighted by Gasteiger charge is -2.24. The number of imide groups is 1. The van der Waals surface area contributed by atoms with Crippen molar-refractivity contribution in [3.8, 4) is 17.0 Å². The molecule has 4 N–H and O–H groups in total. The van der Waals surface area contributed by atoms with Crippen molar-refractivity contribution in [2.24, 2.45) is 0 Å². The number of hydrogen-bond donors (Lipinski definition) is 4. The standard InChI is InChI=1S/C30H28FIN4O5/c1-17-26(23-12-9-20(32)14-24(23)31)34-28(33-17)25(13-18-5-3-2-4-6-18)36-29(39)27(35-30(36)40)19-7-10-22(11-8-19)41-16-21(38)15-37/h2-12,14,21,25,27,37-38H,13,15-16H2,1H3,(H,33,34)(H,35,40)/t21?,25-,27?/m0/s1. The van der Waals surface area contributed by atoms with Crippen molar-refractivity contribution in [1.29, 1.82) is 0 Å². The van der Waals surface area contributed by atoms with E-state index in [-0.39, 0.29) is 6.61 Å². The van der Waals surface area contributed by atoms with Crippen LogP contribution in [-0.4, -0.2) is 56.3 Å². The summed E-state index contributed by atoms with van der Waals surface area (Å²) < 4.78 is 21.1. The first kappa shape index (κ1) is 28.7. The monoisotopic (exact) mass is 670 g/mol. The van der Waals surface area contributed by atoms with Crippen LogP contribution in [0.4, 0.5) is 9.18 Å². The molecule has 1 saturated heterocycles. The van der Waals surface area contributed by atoms with Crippen LogP contribution < -0.4 is 10.1 Å². The fourth-order valence-corrected chi connectivity index (χ4v) is 5.21. The van der Waals surface area contributed by atoms with Crippen LogP contribution in [0.1, 0.15) is 34.7 Å². The van der Waals surface area contributed by atoms with Gasteiger partial charge in [0.25, 0.3) is 5.91 Å². The molecule has 1 aliphatic rings. The lowest BCUT2D eigenvalue weighted by atomic mass is 10.0. The van der Waals surface area contributed by atoms with Gasteiger partial charge in [0.1, 0.15) is 42.2 Å². The second-order valence-electron chi connectivity index (χ2n) is 9.72. The Bertz CT molecular complexity index is 1550. The van der Waals surface area contributed by atoms with Gasteiger partial charge in [-0.2, -0.15) is 0 Å². The Labute approximate surface area is 249 Å². The SMILES string of the molecule is Cc1nc([C@H](Cc2ccccc2)N2C(=O)NC(c3ccc(OCC(O)CO)cc3)C2=O)[nH]c1-c1ccc(I)cc1F. The first-order valence-electron chi connectivity index (χ1n) is 13.0. The highest BCUT2D eigenvalue weighted by Crippen LogP contribution is 2.34. The van der Waals surface area contributed by atoms with Gasteiger partial charge in [-0.15, -0.1) is 0 Å². The van der Waals surface area contributed by atoms with Crippen molar-refractivity contribution in [3.63, 3.8) is 0 Å². The molecule has 0 bridgehead atoms. The molecule has 3 amide bonds. The summed E-state index contributed by atoms with van der Waals surface area (Å²) in [5.41, 5.74) is 2.82. The number of carbonyl (C=O) groups is 2. The zero-order valence-electron chi connectivity index (χ0n) is 22.1. The molecular weight excluding hydrogens is 642 g/mol. The van der Waals surface area contributed by atoms with Crippen molar-refractivity contribution in [3.05, 3.63) is 105 Å². The lowest BCUT2D eigenvalue weighted by Crippen LogP contribution is -2.36. The number of aromatic amines is 1. The minimum atomic E-state index is -1.01. The van der Waals surface area contributed by atoms with E-state index < -0.39 is 42.6 Å². The van der Waals surface area contributed by atoms with Crippen molar-refractivity contribution < 1.29 is 28.9 Å². The average molecular weight is 670 g/mol. The normalized spacial score (nSPS) is 16.5. The third kappa shape index (κ3) is 6.26. The molecule has 9 nitrogen and oxygen atoms in total. The molecule has 1 aliphatic heterocycles. The Morgan fingerprint density at radius 3 is 2.51 bits per heavy atom. The summed E-state index contributed by atoms with van der Waals surface area (Å²) in [6, 6.07) is 18.7. The largest absolute Gasteiger partial charge is 0.491 e. The highest BCUT2D eigenvalue weighted by molar-refractivity contribution is 14.1. The third-order valence-corrected chi connectivity index (χ3v) is 7.51. The van der Waals surface area contributed by atoms with Crippen LogP contribution in [0, 0.1) is 16.3 Å². The number of aryl methyl sites for hydroxylation is 1. The van der Waals surface area contributed by atoms with E-state index >= 15 is 0 Å². The predicted octanol–water partition coefficient (Wildman–Crippen LogP) is 4.44. The van der Waals surface area contributed by atoms with Crippen molar-refractivity contribution >= 4 is 34.5 Å². The molecule has 1 fully saturated rings. The molecule has 3 atom stereocenters. The summed E-state index contributed by atoms with van der Waals surface area (Å²) in [4.78, 5) is 36.1. The van der Waals surface area contributed by atoms with E-state index in [1.54, 1.807) is 43.3 Å². The van der Waals surface area contributed by atoms with Gasteiger partial charge < -0.3 is 25.3 Å². The summed E-state index contributed by atoms with van der Waals surface area (Å²) in [6.45, 7) is 1.25. The zero-order valence-corrected chi connectivity index (χ0v) is 24.2. The van der Waals surface area contributed by atoms with Gasteiger partial charge in [-0.3, -0.25) is 9.69 Å². The highest BCUT2D eigenvalue weighted by atomic mass is 127. The molecular formula is C30H28FIN4O5. The number of halogens is 2. The van der Waals surface area contributed by atoms with E-state index in [1.165, 1.54) is 11.0 Å². The summed E-state index contributed by atoms with van der Waals surface area (Å²) >= 11 is 2.04. The average Bonchev–Trinajstić information content (AvgIpc) is 3.49. The van der Waals surface area contributed by atoms with Crippen molar-refractivity contribution in [2.45, 2.75) is 31.5 Å². The number of urea groups is 1. The molecule has 0 aliphatic carbocycles. The van der Waals surface area contributed by atoms with Gasteiger partial charge >= 0.3 is 6.03 Å². The van der Waals surface area contributed by atoms with Crippen LogP contribution in [0.5, 0.6) is 5.75 Å². The Hall–Kier alpha value is -3.81. The Morgan fingerprint density at radius 2 is 1.83 bits per heavy atom. The van der Waals surface area contributed by atoms with E-state index in [0.717, 1.165) is 9.13 Å². The smallest absolute Gasteiger partial charge is 0.325 e. The fourth-order valence-electron chi connectivity index (χ4n) is 4.76. The second-order valence-corrected chi connectivity index (χ2v) is 11.0. The van der Waals surface area contributed by atoms with Gasteiger partial charge in [-0.1, -0.05) is 42.5 Å². The Kier molecular flexibility index (Phi) is 8.66. The van der Waals surface area contributed by atoms with Crippen LogP contribution in [0.2, 0.25) is 0 Å². The van der Waals surface area contributed by atoms with Crippen LogP contribution >= 0.6 is 22.6 Å². The number of imidazole rings is 1. The van der Waals surface area contributed by atoms with E-state index in [2.05, 4.69) is 15.3 Å². The number of nitrogens with zero attached hydrogens (tertiary/aromatic N) is 2. The molecule has 212 valence electrons. The first-order valence-corrected chi connectivity index (χ1v) is 14.0. The molecule has 0 radical (unpaired) electrons. The molecule has 2 heterocycles. The zero-order chi connectivity index (χ0) is 29.1. The van der Waals surface area contributed by atoms with Gasteiger partial charge in [0, 0.05) is 15.6 Å². The van der Waals surface area contributed by atoms with Crippen LogP contribution in [0.15, 0.2) is 72.8 Å². The number of amides is 3. The van der Waals surface area contributed by atoms with Gasteiger partial charge in [0.15, 0.2) is 0 Å². The van der Waals surface area contributed by atoms with Crippen molar-refractivity contribution in [2.75, 3.05) is 13.2 Å². The Morgan fingerprint density at radius 1 is 1.10 bits per heavy atom. The minimum Gasteiger partial charge on any atom is -0.491 e. The quantitative estimate of drug-likeness (QED) is 0.146. The van der Waals surface area contributed by atoms with Crippen LogP contribution in [0.3, 0.4) is 0 Å². The summed E-state index contributed by atoms with van der Waals surface area (Å²) in [7, 11) is 0. The summed E-state index contributed by atoms with van der Waals surface area (Å²) in [5, 5.41) is 21.2. The number of aliphatic hydroxyl groups excluding tert-OH is 2. The number of rotatable bonds is 10. The molecule has 41 heavy (non-hydrogen) atoms. The van der Waals surface area contributed by atoms with Crippen LogP contribution in [-0.2, 0) is 11.2 Å². The maximum absolute atomic E-state index is 14.9. The molecule has 0 saturated carbocycles. The van der Waals surface area contributed by atoms with E-state index in [4.69, 9.17) is 9.84 Å².